The van der Waals surface area contributed by atoms with Crippen molar-refractivity contribution in [1.82, 2.24) is 0 Å². The molecule has 0 spiro atoms. The summed E-state index contributed by atoms with van der Waals surface area (Å²) < 4.78 is 10.4. The molecule has 0 atom stereocenters. The Balaban J connectivity index is 1.99. The molecule has 1 aliphatic rings. The lowest BCUT2D eigenvalue weighted by molar-refractivity contribution is 0.0443. The largest absolute Gasteiger partial charge is 0.457 e. The zero-order chi connectivity index (χ0) is 14.3. The zero-order valence-corrected chi connectivity index (χ0v) is 11.1. The molecule has 0 unspecified atom stereocenters. The van der Waals surface area contributed by atoms with Gasteiger partial charge in [-0.2, -0.15) is 0 Å². The Morgan fingerprint density at radius 1 is 0.900 bits per heavy atom. The van der Waals surface area contributed by atoms with Crippen LogP contribution in [0.15, 0.2) is 36.4 Å². The highest BCUT2D eigenvalue weighted by molar-refractivity contribution is 6.14. The lowest BCUT2D eigenvalue weighted by atomic mass is 10.1. The standard InChI is InChI=1S/C16H12O4/c1-9-4-3-5-10(2)14(9)19-11-6-7-12-13(8-11)16(18)20-15(12)17/h3-8H,1-2H3. The maximum atomic E-state index is 11.5. The van der Waals surface area contributed by atoms with E-state index in [9.17, 15) is 9.59 Å². The molecule has 0 bridgehead atoms. The molecule has 4 nitrogen and oxygen atoms in total. The zero-order valence-electron chi connectivity index (χ0n) is 11.1. The second kappa shape index (κ2) is 4.49. The minimum atomic E-state index is -0.628. The van der Waals surface area contributed by atoms with Gasteiger partial charge in [0.1, 0.15) is 11.5 Å². The van der Waals surface area contributed by atoms with Gasteiger partial charge in [-0.1, -0.05) is 18.2 Å². The van der Waals surface area contributed by atoms with Crippen LogP contribution < -0.4 is 4.74 Å². The van der Waals surface area contributed by atoms with E-state index in [1.165, 1.54) is 6.07 Å². The molecule has 20 heavy (non-hydrogen) atoms. The number of aryl methyl sites for hydroxylation is 2. The summed E-state index contributed by atoms with van der Waals surface area (Å²) in [5.74, 6) is 0.0264. The van der Waals surface area contributed by atoms with E-state index < -0.39 is 11.9 Å². The summed E-state index contributed by atoms with van der Waals surface area (Å²) >= 11 is 0. The van der Waals surface area contributed by atoms with Crippen LogP contribution in [0.5, 0.6) is 11.5 Å². The fourth-order valence-corrected chi connectivity index (χ4v) is 2.21. The van der Waals surface area contributed by atoms with Crippen LogP contribution in [0.25, 0.3) is 0 Å². The lowest BCUT2D eigenvalue weighted by Crippen LogP contribution is -1.97. The van der Waals surface area contributed by atoms with Crippen LogP contribution in [0.3, 0.4) is 0 Å². The van der Waals surface area contributed by atoms with E-state index in [4.69, 9.17) is 4.74 Å². The number of cyclic esters (lactones) is 2. The molecule has 0 saturated carbocycles. The molecule has 1 heterocycles. The molecule has 1 aliphatic heterocycles. The topological polar surface area (TPSA) is 52.6 Å². The molecule has 2 aromatic rings. The first-order valence-corrected chi connectivity index (χ1v) is 6.21. The van der Waals surface area contributed by atoms with Crippen molar-refractivity contribution in [3.63, 3.8) is 0 Å². The molecule has 100 valence electrons. The SMILES string of the molecule is Cc1cccc(C)c1Oc1ccc2c(c1)C(=O)OC2=O. The fourth-order valence-electron chi connectivity index (χ4n) is 2.21. The van der Waals surface area contributed by atoms with Crippen LogP contribution >= 0.6 is 0 Å². The molecule has 0 aromatic heterocycles. The summed E-state index contributed by atoms with van der Waals surface area (Å²) in [5, 5.41) is 0. The van der Waals surface area contributed by atoms with Crippen LogP contribution in [0, 0.1) is 13.8 Å². The van der Waals surface area contributed by atoms with Gasteiger partial charge in [0.15, 0.2) is 0 Å². The molecule has 0 aliphatic carbocycles. The van der Waals surface area contributed by atoms with E-state index in [1.54, 1.807) is 12.1 Å². The smallest absolute Gasteiger partial charge is 0.347 e. The van der Waals surface area contributed by atoms with Crippen molar-refractivity contribution >= 4 is 11.9 Å². The van der Waals surface area contributed by atoms with E-state index in [-0.39, 0.29) is 11.1 Å². The van der Waals surface area contributed by atoms with Gasteiger partial charge in [-0.15, -0.1) is 0 Å². The first kappa shape index (κ1) is 12.4. The number of carbonyl (C=O) groups excluding carboxylic acids is 2. The van der Waals surface area contributed by atoms with Gasteiger partial charge in [0.25, 0.3) is 0 Å². The lowest BCUT2D eigenvalue weighted by Gasteiger charge is -2.11. The Morgan fingerprint density at radius 3 is 2.25 bits per heavy atom. The van der Waals surface area contributed by atoms with Crippen molar-refractivity contribution in [2.45, 2.75) is 13.8 Å². The average molecular weight is 268 g/mol. The number of ether oxygens (including phenoxy) is 2. The Labute approximate surface area is 115 Å². The Kier molecular flexibility index (Phi) is 2.79. The van der Waals surface area contributed by atoms with Gasteiger partial charge < -0.3 is 9.47 Å². The molecule has 0 fully saturated rings. The normalized spacial score (nSPS) is 13.1. The van der Waals surface area contributed by atoms with E-state index in [0.717, 1.165) is 16.9 Å². The van der Waals surface area contributed by atoms with Gasteiger partial charge in [0.05, 0.1) is 11.1 Å². The van der Waals surface area contributed by atoms with Crippen LogP contribution in [0.4, 0.5) is 0 Å². The maximum Gasteiger partial charge on any atom is 0.347 e. The van der Waals surface area contributed by atoms with Gasteiger partial charge in [-0.05, 0) is 43.2 Å². The number of para-hydroxylation sites is 1. The first-order chi connectivity index (χ1) is 9.56. The second-order valence-electron chi connectivity index (χ2n) is 4.71. The van der Waals surface area contributed by atoms with Gasteiger partial charge >= 0.3 is 11.9 Å². The summed E-state index contributed by atoms with van der Waals surface area (Å²) in [6.45, 7) is 3.90. The van der Waals surface area contributed by atoms with Crippen molar-refractivity contribution in [2.24, 2.45) is 0 Å². The predicted octanol–water partition coefficient (Wildman–Crippen LogP) is 3.41. The molecule has 0 saturated heterocycles. The molecule has 2 aromatic carbocycles. The number of hydrogen-bond acceptors (Lipinski definition) is 4. The first-order valence-electron chi connectivity index (χ1n) is 6.21. The van der Waals surface area contributed by atoms with Gasteiger partial charge in [0.2, 0.25) is 0 Å². The number of carbonyl (C=O) groups is 2. The summed E-state index contributed by atoms with van der Waals surface area (Å²) in [4.78, 5) is 22.9. The van der Waals surface area contributed by atoms with Crippen LogP contribution in [0.2, 0.25) is 0 Å². The van der Waals surface area contributed by atoms with Crippen LogP contribution in [0.1, 0.15) is 31.8 Å². The van der Waals surface area contributed by atoms with Crippen molar-refractivity contribution in [2.75, 3.05) is 0 Å². The van der Waals surface area contributed by atoms with E-state index in [1.807, 2.05) is 32.0 Å². The molecule has 0 radical (unpaired) electrons. The highest BCUT2D eigenvalue weighted by atomic mass is 16.6. The van der Waals surface area contributed by atoms with Crippen molar-refractivity contribution in [3.8, 4) is 11.5 Å². The summed E-state index contributed by atoms with van der Waals surface area (Å²) in [6.07, 6.45) is 0. The average Bonchev–Trinajstić information content (AvgIpc) is 2.69. The van der Waals surface area contributed by atoms with E-state index in [0.29, 0.717) is 5.75 Å². The Morgan fingerprint density at radius 2 is 1.55 bits per heavy atom. The molecule has 4 heteroatoms. The number of hydrogen-bond donors (Lipinski definition) is 0. The molecular formula is C16H12O4. The molecule has 0 N–H and O–H groups in total. The van der Waals surface area contributed by atoms with Crippen LogP contribution in [-0.2, 0) is 4.74 Å². The van der Waals surface area contributed by atoms with Crippen LogP contribution in [-0.4, -0.2) is 11.9 Å². The molecular weight excluding hydrogens is 256 g/mol. The third kappa shape index (κ3) is 1.95. The van der Waals surface area contributed by atoms with Crippen molar-refractivity contribution in [3.05, 3.63) is 58.7 Å². The van der Waals surface area contributed by atoms with Crippen molar-refractivity contribution < 1.29 is 19.1 Å². The number of fused-ring (bicyclic) bond motifs is 1. The summed E-state index contributed by atoms with van der Waals surface area (Å²) in [7, 11) is 0. The predicted molar refractivity (Wildman–Crippen MR) is 72.2 cm³/mol. The minimum absolute atomic E-state index is 0.249. The third-order valence-corrected chi connectivity index (χ3v) is 3.24. The second-order valence-corrected chi connectivity index (χ2v) is 4.71. The van der Waals surface area contributed by atoms with E-state index in [2.05, 4.69) is 4.74 Å². The Bertz CT molecular complexity index is 711. The minimum Gasteiger partial charge on any atom is -0.457 e. The van der Waals surface area contributed by atoms with Gasteiger partial charge in [-0.25, -0.2) is 9.59 Å². The third-order valence-electron chi connectivity index (χ3n) is 3.24. The number of esters is 2. The number of benzene rings is 2. The highest BCUT2D eigenvalue weighted by Gasteiger charge is 2.29. The summed E-state index contributed by atoms with van der Waals surface area (Å²) in [5.41, 5.74) is 2.54. The van der Waals surface area contributed by atoms with Crippen molar-refractivity contribution in [1.29, 1.82) is 0 Å². The maximum absolute atomic E-state index is 11.5. The summed E-state index contributed by atoms with van der Waals surface area (Å²) in [6, 6.07) is 10.6. The fraction of sp³-hybridized carbons (Fsp3) is 0.125. The molecule has 3 rings (SSSR count). The quantitative estimate of drug-likeness (QED) is 0.618. The van der Waals surface area contributed by atoms with Gasteiger partial charge in [-0.3, -0.25) is 0 Å². The monoisotopic (exact) mass is 268 g/mol. The van der Waals surface area contributed by atoms with Gasteiger partial charge in [0, 0.05) is 0 Å². The number of rotatable bonds is 2. The molecule has 0 amide bonds. The Hall–Kier alpha value is -2.62. The van der Waals surface area contributed by atoms with E-state index >= 15 is 0 Å². The highest BCUT2D eigenvalue weighted by Crippen LogP contribution is 2.31.